The highest BCUT2D eigenvalue weighted by Crippen LogP contribution is 2.38. The van der Waals surface area contributed by atoms with Crippen molar-refractivity contribution in [1.82, 2.24) is 14.9 Å². The summed E-state index contributed by atoms with van der Waals surface area (Å²) in [4.78, 5) is 38.5. The molecule has 0 N–H and O–H groups in total. The Morgan fingerprint density at radius 3 is 2.90 bits per heavy atom. The minimum Gasteiger partial charge on any atom is -0.452 e. The molecule has 1 amide bonds. The molecule has 1 aromatic carbocycles. The van der Waals surface area contributed by atoms with E-state index in [1.54, 1.807) is 34.7 Å². The maximum Gasteiger partial charge on any atom is 0.339 e. The van der Waals surface area contributed by atoms with Crippen molar-refractivity contribution in [3.8, 4) is 0 Å². The van der Waals surface area contributed by atoms with E-state index in [2.05, 4.69) is 23.8 Å². The number of hydrogen-bond donors (Lipinski definition) is 0. The van der Waals surface area contributed by atoms with Crippen LogP contribution >= 0.6 is 23.1 Å². The smallest absolute Gasteiger partial charge is 0.339 e. The molecule has 7 nitrogen and oxygen atoms in total. The Labute approximate surface area is 188 Å². The second kappa shape index (κ2) is 9.33. The highest BCUT2D eigenvalue weighted by Gasteiger charge is 2.23. The number of benzene rings is 1. The standard InChI is InChI=1S/C22H23N3O4S2/c1-13-10-25(8-9-28-13)18(26)11-29-22(27)16-6-4-5-7-17(16)31-21-19-14(2)15(3)30-20(19)23-12-24-21/h4-7,12-13H,8-11H2,1-3H3. The van der Waals surface area contributed by atoms with Gasteiger partial charge in [0.25, 0.3) is 5.91 Å². The van der Waals surface area contributed by atoms with Gasteiger partial charge in [-0.25, -0.2) is 14.8 Å². The number of hydrogen-bond acceptors (Lipinski definition) is 8. The van der Waals surface area contributed by atoms with Gasteiger partial charge in [0, 0.05) is 28.2 Å². The van der Waals surface area contributed by atoms with Gasteiger partial charge in [0.15, 0.2) is 6.61 Å². The predicted octanol–water partition coefficient (Wildman–Crippen LogP) is 3.86. The summed E-state index contributed by atoms with van der Waals surface area (Å²) in [5, 5.41) is 1.81. The van der Waals surface area contributed by atoms with E-state index in [1.165, 1.54) is 16.6 Å². The third-order valence-corrected chi connectivity index (χ3v) is 7.36. The number of ether oxygens (including phenoxy) is 2. The van der Waals surface area contributed by atoms with Crippen LogP contribution in [0.4, 0.5) is 0 Å². The summed E-state index contributed by atoms with van der Waals surface area (Å²) in [6.07, 6.45) is 1.53. The summed E-state index contributed by atoms with van der Waals surface area (Å²) >= 11 is 3.04. The van der Waals surface area contributed by atoms with Crippen molar-refractivity contribution in [1.29, 1.82) is 0 Å². The molecule has 0 bridgehead atoms. The Morgan fingerprint density at radius 1 is 1.29 bits per heavy atom. The topological polar surface area (TPSA) is 81.6 Å². The average Bonchev–Trinajstić information content (AvgIpc) is 3.06. The van der Waals surface area contributed by atoms with E-state index in [4.69, 9.17) is 9.47 Å². The number of amides is 1. The molecule has 0 aliphatic carbocycles. The highest BCUT2D eigenvalue weighted by molar-refractivity contribution is 7.99. The molecule has 9 heteroatoms. The number of nitrogens with zero attached hydrogens (tertiary/aromatic N) is 3. The van der Waals surface area contributed by atoms with Crippen LogP contribution in [0.15, 0.2) is 40.5 Å². The number of aryl methyl sites for hydroxylation is 2. The predicted molar refractivity (Wildman–Crippen MR) is 120 cm³/mol. The number of aromatic nitrogens is 2. The fourth-order valence-corrected chi connectivity index (χ4v) is 5.53. The molecular weight excluding hydrogens is 434 g/mol. The van der Waals surface area contributed by atoms with Gasteiger partial charge >= 0.3 is 5.97 Å². The van der Waals surface area contributed by atoms with Gasteiger partial charge in [-0.1, -0.05) is 23.9 Å². The number of fused-ring (bicyclic) bond motifs is 1. The lowest BCUT2D eigenvalue weighted by Crippen LogP contribution is -2.46. The van der Waals surface area contributed by atoms with Crippen LogP contribution in [0.3, 0.4) is 0 Å². The minimum atomic E-state index is -0.527. The van der Waals surface area contributed by atoms with Gasteiger partial charge in [-0.2, -0.15) is 0 Å². The molecule has 1 aliphatic rings. The minimum absolute atomic E-state index is 0.0144. The summed E-state index contributed by atoms with van der Waals surface area (Å²) in [7, 11) is 0. The first-order valence-corrected chi connectivity index (χ1v) is 11.6. The molecule has 4 rings (SSSR count). The molecule has 1 aliphatic heterocycles. The zero-order chi connectivity index (χ0) is 22.0. The quantitative estimate of drug-likeness (QED) is 0.425. The molecule has 3 aromatic rings. The SMILES string of the molecule is Cc1sc2ncnc(Sc3ccccc3C(=O)OCC(=O)N3CCOC(C)C3)c2c1C. The normalized spacial score (nSPS) is 16.5. The fraction of sp³-hybridized carbons (Fsp3) is 0.364. The summed E-state index contributed by atoms with van der Waals surface area (Å²) in [5.74, 6) is -0.739. The molecule has 1 atom stereocenters. The van der Waals surface area contributed by atoms with Crippen LogP contribution in [-0.4, -0.2) is 59.2 Å². The van der Waals surface area contributed by atoms with E-state index in [1.807, 2.05) is 19.1 Å². The summed E-state index contributed by atoms with van der Waals surface area (Å²) in [6, 6.07) is 7.20. The van der Waals surface area contributed by atoms with Crippen molar-refractivity contribution in [2.75, 3.05) is 26.3 Å². The van der Waals surface area contributed by atoms with Crippen LogP contribution in [-0.2, 0) is 14.3 Å². The highest BCUT2D eigenvalue weighted by atomic mass is 32.2. The Hall–Kier alpha value is -2.49. The zero-order valence-electron chi connectivity index (χ0n) is 17.6. The molecule has 0 radical (unpaired) electrons. The number of carbonyl (C=O) groups is 2. The van der Waals surface area contributed by atoms with Crippen molar-refractivity contribution >= 4 is 45.2 Å². The van der Waals surface area contributed by atoms with Crippen LogP contribution in [0.1, 0.15) is 27.7 Å². The average molecular weight is 458 g/mol. The molecule has 1 fully saturated rings. The summed E-state index contributed by atoms with van der Waals surface area (Å²) < 4.78 is 10.8. The van der Waals surface area contributed by atoms with Gasteiger partial charge < -0.3 is 14.4 Å². The summed E-state index contributed by atoms with van der Waals surface area (Å²) in [6.45, 7) is 7.26. The summed E-state index contributed by atoms with van der Waals surface area (Å²) in [5.41, 5.74) is 1.56. The third kappa shape index (κ3) is 4.73. The third-order valence-electron chi connectivity index (χ3n) is 5.16. The van der Waals surface area contributed by atoms with Crippen molar-refractivity contribution < 1.29 is 19.1 Å². The van der Waals surface area contributed by atoms with E-state index in [0.717, 1.165) is 25.7 Å². The first-order chi connectivity index (χ1) is 14.9. The number of carbonyl (C=O) groups excluding carboxylic acids is 2. The maximum absolute atomic E-state index is 12.8. The van der Waals surface area contributed by atoms with E-state index < -0.39 is 5.97 Å². The molecule has 1 unspecified atom stereocenters. The lowest BCUT2D eigenvalue weighted by atomic mass is 10.2. The first kappa shape index (κ1) is 21.7. The lowest BCUT2D eigenvalue weighted by Gasteiger charge is -2.30. The van der Waals surface area contributed by atoms with E-state index >= 15 is 0 Å². The van der Waals surface area contributed by atoms with Crippen molar-refractivity contribution in [3.05, 3.63) is 46.6 Å². The largest absolute Gasteiger partial charge is 0.452 e. The molecule has 0 spiro atoms. The van der Waals surface area contributed by atoms with Gasteiger partial charge in [-0.05, 0) is 38.5 Å². The molecule has 2 aromatic heterocycles. The molecule has 1 saturated heterocycles. The Kier molecular flexibility index (Phi) is 6.54. The molecular formula is C22H23N3O4S2. The Bertz CT molecular complexity index is 1130. The maximum atomic E-state index is 12.8. The zero-order valence-corrected chi connectivity index (χ0v) is 19.2. The van der Waals surface area contributed by atoms with Crippen molar-refractivity contribution in [3.63, 3.8) is 0 Å². The van der Waals surface area contributed by atoms with E-state index in [9.17, 15) is 9.59 Å². The monoisotopic (exact) mass is 457 g/mol. The van der Waals surface area contributed by atoms with Crippen LogP contribution < -0.4 is 0 Å². The van der Waals surface area contributed by atoms with Crippen LogP contribution in [0, 0.1) is 13.8 Å². The van der Waals surface area contributed by atoms with Gasteiger partial charge in [-0.15, -0.1) is 11.3 Å². The van der Waals surface area contributed by atoms with Crippen LogP contribution in [0.5, 0.6) is 0 Å². The molecule has 0 saturated carbocycles. The van der Waals surface area contributed by atoms with Crippen molar-refractivity contribution in [2.45, 2.75) is 36.8 Å². The Balaban J connectivity index is 1.50. The number of thiophene rings is 1. The van der Waals surface area contributed by atoms with Gasteiger partial charge in [0.05, 0.1) is 18.3 Å². The second-order valence-electron chi connectivity index (χ2n) is 7.34. The number of rotatable bonds is 5. The number of morpholine rings is 1. The van der Waals surface area contributed by atoms with Crippen LogP contribution in [0.25, 0.3) is 10.2 Å². The molecule has 31 heavy (non-hydrogen) atoms. The molecule has 3 heterocycles. The lowest BCUT2D eigenvalue weighted by molar-refractivity contribution is -0.141. The number of esters is 1. The fourth-order valence-electron chi connectivity index (χ4n) is 3.40. The van der Waals surface area contributed by atoms with Crippen molar-refractivity contribution in [2.24, 2.45) is 0 Å². The van der Waals surface area contributed by atoms with E-state index in [0.29, 0.717) is 25.3 Å². The molecule has 162 valence electrons. The van der Waals surface area contributed by atoms with Gasteiger partial charge in [0.2, 0.25) is 0 Å². The van der Waals surface area contributed by atoms with Gasteiger partial charge in [-0.3, -0.25) is 4.79 Å². The first-order valence-electron chi connectivity index (χ1n) is 9.98. The van der Waals surface area contributed by atoms with E-state index in [-0.39, 0.29) is 18.6 Å². The second-order valence-corrected chi connectivity index (χ2v) is 9.57. The van der Waals surface area contributed by atoms with Gasteiger partial charge in [0.1, 0.15) is 16.2 Å². The van der Waals surface area contributed by atoms with Crippen LogP contribution in [0.2, 0.25) is 0 Å². The Morgan fingerprint density at radius 2 is 2.10 bits per heavy atom.